The molecular formula is C52H30S2. The zero-order chi connectivity index (χ0) is 35.3. The van der Waals surface area contributed by atoms with E-state index in [-0.39, 0.29) is 0 Å². The summed E-state index contributed by atoms with van der Waals surface area (Å²) in [6.07, 6.45) is 0. The highest BCUT2D eigenvalue weighted by Crippen LogP contribution is 2.53. The molecule has 2 heterocycles. The number of hydrogen-bond acceptors (Lipinski definition) is 2. The van der Waals surface area contributed by atoms with E-state index < -0.39 is 0 Å². The lowest BCUT2D eigenvalue weighted by molar-refractivity contribution is 1.64. The fourth-order valence-corrected chi connectivity index (χ4v) is 11.6. The standard InChI is InChI=1S/C52H30S2/c1-2-12-31(13-3-1)33-22-23-35-29-36(25-24-34(35)28-33)47-39-17-6-8-19-41(39)48(42-20-9-7-18-40(42)47)44-30-43-38-16-10-11-21-45(38)53-51(43)50-49-37-15-5-4-14-32(37)26-27-46(49)54-52(44)50/h1-30H. The van der Waals surface area contributed by atoms with Gasteiger partial charge in [0.1, 0.15) is 0 Å². The van der Waals surface area contributed by atoms with Crippen LogP contribution in [0.5, 0.6) is 0 Å². The first-order valence-electron chi connectivity index (χ1n) is 18.5. The Morgan fingerprint density at radius 1 is 0.278 bits per heavy atom. The average Bonchev–Trinajstić information content (AvgIpc) is 3.82. The summed E-state index contributed by atoms with van der Waals surface area (Å²) in [7, 11) is 0. The average molecular weight is 719 g/mol. The van der Waals surface area contributed by atoms with Gasteiger partial charge in [-0.25, -0.2) is 0 Å². The summed E-state index contributed by atoms with van der Waals surface area (Å²) in [6.45, 7) is 0. The van der Waals surface area contributed by atoms with E-state index in [4.69, 9.17) is 0 Å². The highest BCUT2D eigenvalue weighted by molar-refractivity contribution is 7.30. The zero-order valence-corrected chi connectivity index (χ0v) is 30.8. The third-order valence-electron chi connectivity index (χ3n) is 11.4. The Kier molecular flexibility index (Phi) is 6.48. The van der Waals surface area contributed by atoms with E-state index in [1.807, 2.05) is 22.7 Å². The summed E-state index contributed by atoms with van der Waals surface area (Å²) in [5.41, 5.74) is 7.65. The van der Waals surface area contributed by atoms with Gasteiger partial charge in [0, 0.05) is 45.9 Å². The maximum atomic E-state index is 2.52. The van der Waals surface area contributed by atoms with Crippen molar-refractivity contribution in [3.8, 4) is 33.4 Å². The predicted molar refractivity (Wildman–Crippen MR) is 239 cm³/mol. The Bertz CT molecular complexity index is 3430. The quantitative estimate of drug-likeness (QED) is 0.160. The molecule has 0 amide bonds. The second kappa shape index (κ2) is 11.6. The third-order valence-corrected chi connectivity index (χ3v) is 13.8. The van der Waals surface area contributed by atoms with E-state index in [0.29, 0.717) is 0 Å². The first-order valence-corrected chi connectivity index (χ1v) is 20.1. The summed E-state index contributed by atoms with van der Waals surface area (Å²) >= 11 is 3.89. The van der Waals surface area contributed by atoms with Crippen LogP contribution < -0.4 is 0 Å². The van der Waals surface area contributed by atoms with Gasteiger partial charge in [-0.05, 0) is 101 Å². The van der Waals surface area contributed by atoms with Crippen molar-refractivity contribution in [3.05, 3.63) is 182 Å². The number of rotatable bonds is 3. The zero-order valence-electron chi connectivity index (χ0n) is 29.1. The normalized spacial score (nSPS) is 12.1. The first kappa shape index (κ1) is 30.2. The molecule has 0 unspecified atom stereocenters. The Hall–Kier alpha value is -6.32. The molecule has 0 saturated carbocycles. The maximum absolute atomic E-state index is 2.52. The SMILES string of the molecule is c1ccc(-c2ccc3cc(-c4c5ccccc5c(-c5cc6c7ccccc7sc6c6c5sc5ccc7ccccc7c56)c5ccccc45)ccc3c2)cc1. The number of benzene rings is 10. The Balaban J connectivity index is 1.19. The molecule has 0 saturated heterocycles. The molecule has 0 aliphatic rings. The Labute approximate surface area is 319 Å². The smallest absolute Gasteiger partial charge is 0.0449 e. The molecule has 12 rings (SSSR count). The van der Waals surface area contributed by atoms with Crippen LogP contribution in [0.25, 0.3) is 117 Å². The molecule has 0 nitrogen and oxygen atoms in total. The van der Waals surface area contributed by atoms with Crippen molar-refractivity contribution in [1.82, 2.24) is 0 Å². The summed E-state index contributed by atoms with van der Waals surface area (Å²) in [5, 5.41) is 15.7. The van der Waals surface area contributed by atoms with Gasteiger partial charge in [0.05, 0.1) is 0 Å². The van der Waals surface area contributed by atoms with Crippen LogP contribution in [-0.4, -0.2) is 0 Å². The predicted octanol–water partition coefficient (Wildman–Crippen LogP) is 16.0. The molecule has 0 spiro atoms. The minimum absolute atomic E-state index is 1.24. The fraction of sp³-hybridized carbons (Fsp3) is 0. The second-order valence-corrected chi connectivity index (χ2v) is 16.5. The summed E-state index contributed by atoms with van der Waals surface area (Å²) in [5.74, 6) is 0. The van der Waals surface area contributed by atoms with Crippen LogP contribution in [0.2, 0.25) is 0 Å². The molecule has 2 heteroatoms. The number of thiophene rings is 2. The Morgan fingerprint density at radius 3 is 1.57 bits per heavy atom. The van der Waals surface area contributed by atoms with Crippen molar-refractivity contribution in [2.45, 2.75) is 0 Å². The molecule has 0 N–H and O–H groups in total. The summed E-state index contributed by atoms with van der Waals surface area (Å²) in [6, 6.07) is 67.7. The molecule has 0 fully saturated rings. The van der Waals surface area contributed by atoms with Crippen LogP contribution in [-0.2, 0) is 0 Å². The highest BCUT2D eigenvalue weighted by atomic mass is 32.1. The summed E-state index contributed by atoms with van der Waals surface area (Å²) in [4.78, 5) is 0. The van der Waals surface area contributed by atoms with Crippen molar-refractivity contribution >= 4 is 106 Å². The van der Waals surface area contributed by atoms with Gasteiger partial charge in [-0.1, -0.05) is 152 Å². The molecular weight excluding hydrogens is 689 g/mol. The van der Waals surface area contributed by atoms with Gasteiger partial charge < -0.3 is 0 Å². The molecule has 0 radical (unpaired) electrons. The van der Waals surface area contributed by atoms with Crippen molar-refractivity contribution in [2.24, 2.45) is 0 Å². The van der Waals surface area contributed by atoms with Gasteiger partial charge in [0.15, 0.2) is 0 Å². The maximum Gasteiger partial charge on any atom is 0.0449 e. The molecule has 2 aromatic heterocycles. The molecule has 12 aromatic rings. The monoisotopic (exact) mass is 718 g/mol. The van der Waals surface area contributed by atoms with Gasteiger partial charge in [0.25, 0.3) is 0 Å². The number of fused-ring (bicyclic) bond motifs is 12. The Morgan fingerprint density at radius 2 is 0.833 bits per heavy atom. The molecule has 0 atom stereocenters. The topological polar surface area (TPSA) is 0 Å². The van der Waals surface area contributed by atoms with Gasteiger partial charge in [0.2, 0.25) is 0 Å². The molecule has 0 aliphatic carbocycles. The van der Waals surface area contributed by atoms with Crippen molar-refractivity contribution < 1.29 is 0 Å². The van der Waals surface area contributed by atoms with Crippen molar-refractivity contribution in [2.75, 3.05) is 0 Å². The van der Waals surface area contributed by atoms with Crippen LogP contribution in [0, 0.1) is 0 Å². The lowest BCUT2D eigenvalue weighted by Gasteiger charge is -2.19. The van der Waals surface area contributed by atoms with Gasteiger partial charge >= 0.3 is 0 Å². The number of hydrogen-bond donors (Lipinski definition) is 0. The highest BCUT2D eigenvalue weighted by Gasteiger charge is 2.23. The molecule has 250 valence electrons. The lowest BCUT2D eigenvalue weighted by Crippen LogP contribution is -1.91. The van der Waals surface area contributed by atoms with Gasteiger partial charge in [-0.3, -0.25) is 0 Å². The van der Waals surface area contributed by atoms with E-state index in [0.717, 1.165) is 0 Å². The van der Waals surface area contributed by atoms with Crippen LogP contribution >= 0.6 is 22.7 Å². The van der Waals surface area contributed by atoms with Gasteiger partial charge in [-0.2, -0.15) is 0 Å². The van der Waals surface area contributed by atoms with E-state index in [1.165, 1.54) is 117 Å². The molecule has 10 aromatic carbocycles. The van der Waals surface area contributed by atoms with Crippen molar-refractivity contribution in [1.29, 1.82) is 0 Å². The van der Waals surface area contributed by atoms with Crippen LogP contribution in [0.1, 0.15) is 0 Å². The van der Waals surface area contributed by atoms with Gasteiger partial charge in [-0.15, -0.1) is 22.7 Å². The first-order chi connectivity index (χ1) is 26.8. The minimum atomic E-state index is 1.24. The lowest BCUT2D eigenvalue weighted by atomic mass is 9.85. The second-order valence-electron chi connectivity index (χ2n) is 14.3. The van der Waals surface area contributed by atoms with Crippen LogP contribution in [0.4, 0.5) is 0 Å². The van der Waals surface area contributed by atoms with E-state index in [2.05, 4.69) is 182 Å². The molecule has 0 bridgehead atoms. The molecule has 54 heavy (non-hydrogen) atoms. The van der Waals surface area contributed by atoms with E-state index in [9.17, 15) is 0 Å². The fourth-order valence-electron chi connectivity index (χ4n) is 9.01. The van der Waals surface area contributed by atoms with E-state index >= 15 is 0 Å². The van der Waals surface area contributed by atoms with Crippen LogP contribution in [0.15, 0.2) is 182 Å². The largest absolute Gasteiger partial charge is 0.134 e. The van der Waals surface area contributed by atoms with Crippen LogP contribution in [0.3, 0.4) is 0 Å². The van der Waals surface area contributed by atoms with E-state index in [1.54, 1.807) is 0 Å². The molecule has 0 aliphatic heterocycles. The van der Waals surface area contributed by atoms with Crippen molar-refractivity contribution in [3.63, 3.8) is 0 Å². The minimum Gasteiger partial charge on any atom is -0.134 e. The third kappa shape index (κ3) is 4.36. The summed E-state index contributed by atoms with van der Waals surface area (Å²) < 4.78 is 5.42.